The van der Waals surface area contributed by atoms with Gasteiger partial charge in [0.25, 0.3) is 5.91 Å². The van der Waals surface area contributed by atoms with E-state index in [1.807, 2.05) is 0 Å². The lowest BCUT2D eigenvalue weighted by Gasteiger charge is -2.09. The molecule has 21 heavy (non-hydrogen) atoms. The van der Waals surface area contributed by atoms with E-state index >= 15 is 0 Å². The topological polar surface area (TPSA) is 55.4 Å². The summed E-state index contributed by atoms with van der Waals surface area (Å²) in [6.07, 6.45) is 0.707. The summed E-state index contributed by atoms with van der Waals surface area (Å²) in [5, 5.41) is 3.23. The van der Waals surface area contributed by atoms with Gasteiger partial charge < -0.3 is 10.1 Å². The van der Waals surface area contributed by atoms with Crippen LogP contribution in [0.25, 0.3) is 0 Å². The molecular formula is C15H11Cl2NO3. The van der Waals surface area contributed by atoms with Crippen LogP contribution >= 0.6 is 23.2 Å². The molecule has 0 saturated heterocycles. The van der Waals surface area contributed by atoms with Crippen molar-refractivity contribution in [2.45, 2.75) is 0 Å². The Labute approximate surface area is 131 Å². The number of aldehydes is 1. The van der Waals surface area contributed by atoms with E-state index in [9.17, 15) is 9.59 Å². The molecule has 0 fully saturated rings. The first-order chi connectivity index (χ1) is 10.1. The van der Waals surface area contributed by atoms with Gasteiger partial charge in [0.1, 0.15) is 12.0 Å². The Bertz CT molecular complexity index is 674. The first-order valence-corrected chi connectivity index (χ1v) is 6.77. The number of benzene rings is 2. The number of anilines is 1. The summed E-state index contributed by atoms with van der Waals surface area (Å²) in [6, 6.07) is 11.5. The summed E-state index contributed by atoms with van der Waals surface area (Å²) in [5.41, 5.74) is 0.894. The van der Waals surface area contributed by atoms with Crippen LogP contribution in [0.4, 0.5) is 5.69 Å². The van der Waals surface area contributed by atoms with Crippen LogP contribution in [-0.2, 0) is 4.79 Å². The molecule has 0 aromatic heterocycles. The largest absolute Gasteiger partial charge is 0.484 e. The second kappa shape index (κ2) is 7.11. The SMILES string of the molecule is O=Cc1cccc(OCC(=O)Nc2cccc(Cl)c2Cl)c1. The van der Waals surface area contributed by atoms with Crippen molar-refractivity contribution in [1.82, 2.24) is 0 Å². The molecule has 0 aliphatic rings. The van der Waals surface area contributed by atoms with Crippen molar-refractivity contribution in [3.8, 4) is 5.75 Å². The van der Waals surface area contributed by atoms with E-state index in [-0.39, 0.29) is 17.5 Å². The summed E-state index contributed by atoms with van der Waals surface area (Å²) in [5.74, 6) is 0.0580. The van der Waals surface area contributed by atoms with Crippen LogP contribution in [0, 0.1) is 0 Å². The highest BCUT2D eigenvalue weighted by Gasteiger charge is 2.09. The van der Waals surface area contributed by atoms with Crippen LogP contribution in [0.2, 0.25) is 10.0 Å². The van der Waals surface area contributed by atoms with Gasteiger partial charge in [-0.2, -0.15) is 0 Å². The summed E-state index contributed by atoms with van der Waals surface area (Å²) in [7, 11) is 0. The highest BCUT2D eigenvalue weighted by atomic mass is 35.5. The number of nitrogens with one attached hydrogen (secondary N) is 1. The quantitative estimate of drug-likeness (QED) is 0.851. The Morgan fingerprint density at radius 3 is 2.71 bits per heavy atom. The smallest absolute Gasteiger partial charge is 0.262 e. The van der Waals surface area contributed by atoms with Gasteiger partial charge in [-0.05, 0) is 24.3 Å². The Kier molecular flexibility index (Phi) is 5.20. The van der Waals surface area contributed by atoms with E-state index in [2.05, 4.69) is 5.32 Å². The fraction of sp³-hybridized carbons (Fsp3) is 0.0667. The highest BCUT2D eigenvalue weighted by Crippen LogP contribution is 2.29. The maximum absolute atomic E-state index is 11.8. The number of hydrogen-bond donors (Lipinski definition) is 1. The fourth-order valence-corrected chi connectivity index (χ4v) is 1.96. The zero-order valence-electron chi connectivity index (χ0n) is 10.8. The number of carbonyl (C=O) groups excluding carboxylic acids is 2. The molecule has 2 aromatic rings. The van der Waals surface area contributed by atoms with Gasteiger partial charge in [0.2, 0.25) is 0 Å². The van der Waals surface area contributed by atoms with Crippen LogP contribution in [0.1, 0.15) is 10.4 Å². The van der Waals surface area contributed by atoms with E-state index in [4.69, 9.17) is 27.9 Å². The number of carbonyl (C=O) groups is 2. The van der Waals surface area contributed by atoms with E-state index in [0.29, 0.717) is 28.3 Å². The molecule has 4 nitrogen and oxygen atoms in total. The predicted molar refractivity (Wildman–Crippen MR) is 82.4 cm³/mol. The molecule has 0 unspecified atom stereocenters. The molecule has 1 amide bonds. The maximum Gasteiger partial charge on any atom is 0.262 e. The van der Waals surface area contributed by atoms with Crippen molar-refractivity contribution in [1.29, 1.82) is 0 Å². The average Bonchev–Trinajstić information content (AvgIpc) is 2.50. The van der Waals surface area contributed by atoms with Crippen LogP contribution in [0.15, 0.2) is 42.5 Å². The standard InChI is InChI=1S/C15H11Cl2NO3/c16-12-5-2-6-13(15(12)17)18-14(20)9-21-11-4-1-3-10(7-11)8-19/h1-8H,9H2,(H,18,20). The molecule has 6 heteroatoms. The molecule has 2 aromatic carbocycles. The molecular weight excluding hydrogens is 313 g/mol. The first-order valence-electron chi connectivity index (χ1n) is 6.02. The van der Waals surface area contributed by atoms with Crippen molar-refractivity contribution >= 4 is 41.1 Å². The summed E-state index contributed by atoms with van der Waals surface area (Å²) in [6.45, 7) is -0.203. The third-order valence-electron chi connectivity index (χ3n) is 2.59. The normalized spacial score (nSPS) is 10.0. The highest BCUT2D eigenvalue weighted by molar-refractivity contribution is 6.43. The van der Waals surface area contributed by atoms with Crippen LogP contribution in [0.3, 0.4) is 0 Å². The number of amides is 1. The zero-order valence-corrected chi connectivity index (χ0v) is 12.3. The molecule has 0 aliphatic heterocycles. The maximum atomic E-state index is 11.8. The van der Waals surface area contributed by atoms with Crippen molar-refractivity contribution in [2.24, 2.45) is 0 Å². The lowest BCUT2D eigenvalue weighted by Crippen LogP contribution is -2.20. The van der Waals surface area contributed by atoms with Gasteiger partial charge >= 0.3 is 0 Å². The van der Waals surface area contributed by atoms with Crippen LogP contribution < -0.4 is 10.1 Å². The second-order valence-corrected chi connectivity index (χ2v) is 4.91. The Hall–Kier alpha value is -2.04. The van der Waals surface area contributed by atoms with E-state index < -0.39 is 0 Å². The summed E-state index contributed by atoms with van der Waals surface area (Å²) < 4.78 is 5.31. The molecule has 0 bridgehead atoms. The molecule has 108 valence electrons. The van der Waals surface area contributed by atoms with E-state index in [1.165, 1.54) is 0 Å². The van der Waals surface area contributed by atoms with Gasteiger partial charge in [-0.25, -0.2) is 0 Å². The number of halogens is 2. The van der Waals surface area contributed by atoms with Gasteiger partial charge in [-0.15, -0.1) is 0 Å². The van der Waals surface area contributed by atoms with Gasteiger partial charge in [0, 0.05) is 5.56 Å². The minimum atomic E-state index is -0.379. The minimum absolute atomic E-state index is 0.203. The number of rotatable bonds is 5. The molecule has 0 heterocycles. The molecule has 0 aliphatic carbocycles. The lowest BCUT2D eigenvalue weighted by molar-refractivity contribution is -0.118. The molecule has 2 rings (SSSR count). The Morgan fingerprint density at radius 2 is 1.95 bits per heavy atom. The molecule has 0 radical (unpaired) electrons. The Morgan fingerprint density at radius 1 is 1.19 bits per heavy atom. The average molecular weight is 324 g/mol. The summed E-state index contributed by atoms with van der Waals surface area (Å²) >= 11 is 11.8. The zero-order chi connectivity index (χ0) is 15.2. The lowest BCUT2D eigenvalue weighted by atomic mass is 10.2. The summed E-state index contributed by atoms with van der Waals surface area (Å²) in [4.78, 5) is 22.4. The number of hydrogen-bond acceptors (Lipinski definition) is 3. The van der Waals surface area contributed by atoms with Crippen molar-refractivity contribution < 1.29 is 14.3 Å². The van der Waals surface area contributed by atoms with Gasteiger partial charge in [0.05, 0.1) is 15.7 Å². The fourth-order valence-electron chi connectivity index (χ4n) is 1.61. The van der Waals surface area contributed by atoms with Crippen molar-refractivity contribution in [3.05, 3.63) is 58.1 Å². The predicted octanol–water partition coefficient (Wildman–Crippen LogP) is 3.82. The first kappa shape index (κ1) is 15.4. The van der Waals surface area contributed by atoms with Crippen molar-refractivity contribution in [3.63, 3.8) is 0 Å². The third kappa shape index (κ3) is 4.21. The van der Waals surface area contributed by atoms with Crippen LogP contribution in [-0.4, -0.2) is 18.8 Å². The monoisotopic (exact) mass is 323 g/mol. The second-order valence-electron chi connectivity index (χ2n) is 4.13. The molecule has 0 spiro atoms. The number of ether oxygens (including phenoxy) is 1. The van der Waals surface area contributed by atoms with Crippen LogP contribution in [0.5, 0.6) is 5.75 Å². The van der Waals surface area contributed by atoms with Gasteiger partial charge in [-0.1, -0.05) is 41.4 Å². The molecule has 1 N–H and O–H groups in total. The third-order valence-corrected chi connectivity index (χ3v) is 3.41. The Balaban J connectivity index is 1.96. The van der Waals surface area contributed by atoms with Gasteiger partial charge in [-0.3, -0.25) is 9.59 Å². The van der Waals surface area contributed by atoms with Gasteiger partial charge in [0.15, 0.2) is 6.61 Å². The minimum Gasteiger partial charge on any atom is -0.484 e. The molecule has 0 atom stereocenters. The molecule has 0 saturated carbocycles. The van der Waals surface area contributed by atoms with E-state index in [1.54, 1.807) is 42.5 Å². The van der Waals surface area contributed by atoms with Crippen molar-refractivity contribution in [2.75, 3.05) is 11.9 Å². The van der Waals surface area contributed by atoms with E-state index in [0.717, 1.165) is 0 Å².